The van der Waals surface area contributed by atoms with Gasteiger partial charge in [-0.1, -0.05) is 5.16 Å². The predicted molar refractivity (Wildman–Crippen MR) is 72.6 cm³/mol. The number of rotatable bonds is 5. The fraction of sp³-hybridized carbons (Fsp3) is 0.231. The first-order valence-corrected chi connectivity index (χ1v) is 5.83. The third-order valence-electron chi connectivity index (χ3n) is 2.57. The van der Waals surface area contributed by atoms with Gasteiger partial charge >= 0.3 is 0 Å². The summed E-state index contributed by atoms with van der Waals surface area (Å²) in [6.45, 7) is 0.260. The van der Waals surface area contributed by atoms with Crippen LogP contribution in [0.4, 0.5) is 11.4 Å². The smallest absolute Gasteiger partial charge is 0.277 e. The fourth-order valence-corrected chi connectivity index (χ4v) is 1.64. The molecule has 7 heteroatoms. The van der Waals surface area contributed by atoms with Crippen LogP contribution in [0.2, 0.25) is 0 Å². The van der Waals surface area contributed by atoms with E-state index in [2.05, 4.69) is 10.5 Å². The Kier molecular flexibility index (Phi) is 4.21. The molecule has 20 heavy (non-hydrogen) atoms. The average Bonchev–Trinajstić information content (AvgIpc) is 2.88. The van der Waals surface area contributed by atoms with E-state index >= 15 is 0 Å². The molecular weight excluding hydrogens is 262 g/mol. The normalized spacial score (nSPS) is 10.3. The molecule has 1 aromatic heterocycles. The van der Waals surface area contributed by atoms with Crippen LogP contribution in [0.5, 0.6) is 5.75 Å². The molecule has 0 bridgehead atoms. The van der Waals surface area contributed by atoms with E-state index in [0.29, 0.717) is 22.9 Å². The van der Waals surface area contributed by atoms with Crippen LogP contribution in [0, 0.1) is 0 Å². The summed E-state index contributed by atoms with van der Waals surface area (Å²) in [5.41, 5.74) is 6.92. The highest BCUT2D eigenvalue weighted by atomic mass is 16.5. The van der Waals surface area contributed by atoms with Crippen molar-refractivity contribution in [3.63, 3.8) is 0 Å². The molecule has 0 aliphatic heterocycles. The van der Waals surface area contributed by atoms with E-state index in [-0.39, 0.29) is 18.2 Å². The molecule has 0 aliphatic rings. The zero-order valence-electron chi connectivity index (χ0n) is 11.2. The van der Waals surface area contributed by atoms with Crippen molar-refractivity contribution in [1.29, 1.82) is 0 Å². The van der Waals surface area contributed by atoms with Crippen molar-refractivity contribution in [3.8, 4) is 5.75 Å². The highest BCUT2D eigenvalue weighted by Crippen LogP contribution is 2.24. The van der Waals surface area contributed by atoms with E-state index in [4.69, 9.17) is 19.7 Å². The van der Waals surface area contributed by atoms with Gasteiger partial charge in [-0.15, -0.1) is 0 Å². The van der Waals surface area contributed by atoms with Gasteiger partial charge in [0.2, 0.25) is 0 Å². The summed E-state index contributed by atoms with van der Waals surface area (Å²) < 4.78 is 14.9. The van der Waals surface area contributed by atoms with E-state index in [9.17, 15) is 4.79 Å². The predicted octanol–water partition coefficient (Wildman–Crippen LogP) is 1.66. The topological polar surface area (TPSA) is 99.6 Å². The second kappa shape index (κ2) is 6.07. The summed E-state index contributed by atoms with van der Waals surface area (Å²) in [6, 6.07) is 6.48. The number of nitrogens with zero attached hydrogens (tertiary/aromatic N) is 1. The molecule has 106 valence electrons. The first-order valence-electron chi connectivity index (χ1n) is 5.83. The monoisotopic (exact) mass is 277 g/mol. The summed E-state index contributed by atoms with van der Waals surface area (Å²) >= 11 is 0. The van der Waals surface area contributed by atoms with E-state index in [1.807, 2.05) is 0 Å². The molecule has 0 radical (unpaired) electrons. The summed E-state index contributed by atoms with van der Waals surface area (Å²) in [5.74, 6) is 0.638. The van der Waals surface area contributed by atoms with Crippen molar-refractivity contribution >= 4 is 17.3 Å². The lowest BCUT2D eigenvalue weighted by atomic mass is 10.2. The molecule has 1 amide bonds. The highest BCUT2D eigenvalue weighted by Gasteiger charge is 2.13. The standard InChI is InChI=1S/C13H15N3O4/c1-18-7-9-6-11(16-20-9)13(17)15-8-3-4-12(19-2)10(14)5-8/h3-6H,7,14H2,1-2H3,(H,15,17). The highest BCUT2D eigenvalue weighted by molar-refractivity contribution is 6.03. The van der Waals surface area contributed by atoms with Crippen LogP contribution in [0.3, 0.4) is 0 Å². The lowest BCUT2D eigenvalue weighted by molar-refractivity contribution is 0.101. The first kappa shape index (κ1) is 13.9. The summed E-state index contributed by atoms with van der Waals surface area (Å²) in [5, 5.41) is 6.33. The second-order valence-corrected chi connectivity index (χ2v) is 4.02. The average molecular weight is 277 g/mol. The Morgan fingerprint density at radius 2 is 2.20 bits per heavy atom. The summed E-state index contributed by atoms with van der Waals surface area (Å²) in [7, 11) is 3.05. The Bertz CT molecular complexity index is 609. The largest absolute Gasteiger partial charge is 0.495 e. The van der Waals surface area contributed by atoms with Crippen LogP contribution < -0.4 is 15.8 Å². The SMILES string of the molecule is COCc1cc(C(=O)Nc2ccc(OC)c(N)c2)no1. The minimum atomic E-state index is -0.388. The molecule has 0 aliphatic carbocycles. The number of nitrogens with one attached hydrogen (secondary N) is 1. The number of nitrogens with two attached hydrogens (primary N) is 1. The van der Waals surface area contributed by atoms with Gasteiger partial charge in [0.15, 0.2) is 11.5 Å². The molecule has 0 unspecified atom stereocenters. The number of carbonyl (C=O) groups is 1. The van der Waals surface area contributed by atoms with Crippen LogP contribution in [0.25, 0.3) is 0 Å². The van der Waals surface area contributed by atoms with Crippen molar-refractivity contribution in [2.45, 2.75) is 6.61 Å². The minimum absolute atomic E-state index is 0.173. The van der Waals surface area contributed by atoms with Crippen LogP contribution in [0.15, 0.2) is 28.8 Å². The van der Waals surface area contributed by atoms with Crippen LogP contribution in [-0.4, -0.2) is 25.3 Å². The maximum absolute atomic E-state index is 12.0. The van der Waals surface area contributed by atoms with Crippen molar-refractivity contribution in [2.24, 2.45) is 0 Å². The number of methoxy groups -OCH3 is 2. The Morgan fingerprint density at radius 3 is 2.85 bits per heavy atom. The zero-order valence-corrected chi connectivity index (χ0v) is 11.2. The van der Waals surface area contributed by atoms with Gasteiger partial charge in [0.05, 0.1) is 12.8 Å². The Morgan fingerprint density at radius 1 is 1.40 bits per heavy atom. The van der Waals surface area contributed by atoms with Gasteiger partial charge in [0.25, 0.3) is 5.91 Å². The number of benzene rings is 1. The molecule has 3 N–H and O–H groups in total. The quantitative estimate of drug-likeness (QED) is 0.806. The Balaban J connectivity index is 2.08. The van der Waals surface area contributed by atoms with Gasteiger partial charge in [0.1, 0.15) is 12.4 Å². The van der Waals surface area contributed by atoms with Gasteiger partial charge in [-0.2, -0.15) is 0 Å². The number of ether oxygens (including phenoxy) is 2. The first-order chi connectivity index (χ1) is 9.63. The molecule has 0 spiro atoms. The van der Waals surface area contributed by atoms with Gasteiger partial charge < -0.3 is 25.0 Å². The molecule has 7 nitrogen and oxygen atoms in total. The number of anilines is 2. The van der Waals surface area contributed by atoms with E-state index in [1.54, 1.807) is 18.2 Å². The lowest BCUT2D eigenvalue weighted by Gasteiger charge is -2.07. The van der Waals surface area contributed by atoms with Gasteiger partial charge in [-0.3, -0.25) is 4.79 Å². The molecule has 0 saturated heterocycles. The molecule has 0 fully saturated rings. The maximum Gasteiger partial charge on any atom is 0.277 e. The molecule has 2 rings (SSSR count). The van der Waals surface area contributed by atoms with Crippen LogP contribution in [-0.2, 0) is 11.3 Å². The number of carbonyl (C=O) groups excluding carboxylic acids is 1. The summed E-state index contributed by atoms with van der Waals surface area (Å²) in [6.07, 6.45) is 0. The lowest BCUT2D eigenvalue weighted by Crippen LogP contribution is -2.12. The van der Waals surface area contributed by atoms with Gasteiger partial charge in [-0.05, 0) is 18.2 Å². The van der Waals surface area contributed by atoms with Crippen molar-refractivity contribution < 1.29 is 18.8 Å². The number of aromatic nitrogens is 1. The van der Waals surface area contributed by atoms with E-state index in [0.717, 1.165) is 0 Å². The van der Waals surface area contributed by atoms with Gasteiger partial charge in [-0.25, -0.2) is 0 Å². The van der Waals surface area contributed by atoms with Crippen LogP contribution >= 0.6 is 0 Å². The van der Waals surface area contributed by atoms with Crippen molar-refractivity contribution in [3.05, 3.63) is 35.7 Å². The molecular formula is C13H15N3O4. The second-order valence-electron chi connectivity index (χ2n) is 4.02. The third kappa shape index (κ3) is 3.07. The molecule has 0 atom stereocenters. The molecule has 1 heterocycles. The molecule has 0 saturated carbocycles. The number of amides is 1. The number of hydrogen-bond donors (Lipinski definition) is 2. The number of nitrogen functional groups attached to an aromatic ring is 1. The van der Waals surface area contributed by atoms with E-state index in [1.165, 1.54) is 20.3 Å². The zero-order chi connectivity index (χ0) is 14.5. The number of hydrogen-bond acceptors (Lipinski definition) is 6. The third-order valence-corrected chi connectivity index (χ3v) is 2.57. The van der Waals surface area contributed by atoms with E-state index < -0.39 is 0 Å². The minimum Gasteiger partial charge on any atom is -0.495 e. The van der Waals surface area contributed by atoms with Crippen molar-refractivity contribution in [1.82, 2.24) is 5.16 Å². The summed E-state index contributed by atoms with van der Waals surface area (Å²) in [4.78, 5) is 12.0. The Labute approximate surface area is 115 Å². The Hall–Kier alpha value is -2.54. The van der Waals surface area contributed by atoms with Crippen LogP contribution in [0.1, 0.15) is 16.2 Å². The van der Waals surface area contributed by atoms with Crippen molar-refractivity contribution in [2.75, 3.05) is 25.3 Å². The fourth-order valence-electron chi connectivity index (χ4n) is 1.64. The molecule has 1 aromatic carbocycles. The molecule has 2 aromatic rings. The van der Waals surface area contributed by atoms with Gasteiger partial charge in [0, 0.05) is 18.9 Å². The maximum atomic E-state index is 12.0.